The van der Waals surface area contributed by atoms with Gasteiger partial charge in [-0.05, 0) is 42.7 Å². The van der Waals surface area contributed by atoms with E-state index in [2.05, 4.69) is 27.6 Å². The van der Waals surface area contributed by atoms with Gasteiger partial charge in [0.15, 0.2) is 17.7 Å². The number of hydrogen-bond acceptors (Lipinski definition) is 6. The number of halogens is 1. The Morgan fingerprint density at radius 1 is 0.971 bits per heavy atom. The average Bonchev–Trinajstić information content (AvgIpc) is 3.34. The second kappa shape index (κ2) is 11.0. The van der Waals surface area contributed by atoms with Gasteiger partial charge in [0.05, 0.1) is 11.8 Å². The normalized spacial score (nSPS) is 12.7. The van der Waals surface area contributed by atoms with E-state index in [0.717, 1.165) is 28.5 Å². The van der Waals surface area contributed by atoms with Crippen LogP contribution in [0.1, 0.15) is 37.4 Å². The number of hydrogen-bond donors (Lipinski definition) is 1. The highest BCUT2D eigenvalue weighted by Crippen LogP contribution is 2.26. The number of thioether (sulfide) groups is 1. The number of nitrogens with one attached hydrogen (secondary N) is 1. The van der Waals surface area contributed by atoms with Gasteiger partial charge in [-0.3, -0.25) is 4.79 Å². The molecule has 0 saturated carbocycles. The third-order valence-corrected chi connectivity index (χ3v) is 5.95. The van der Waals surface area contributed by atoms with Gasteiger partial charge in [-0.15, -0.1) is 10.2 Å². The van der Waals surface area contributed by atoms with Crippen molar-refractivity contribution >= 4 is 17.7 Å². The summed E-state index contributed by atoms with van der Waals surface area (Å²) in [5, 5.41) is 11.1. The SMILES string of the molecule is C[C@H](NC(=O)CSc1nnc([C@H](C)Oc2ccccc2F)o1)c1ccc(-c2ccccc2)cc1. The van der Waals surface area contributed by atoms with E-state index in [9.17, 15) is 9.18 Å². The Labute approximate surface area is 201 Å². The first kappa shape index (κ1) is 23.5. The van der Waals surface area contributed by atoms with Crippen LogP contribution in [0, 0.1) is 5.82 Å². The molecule has 0 saturated heterocycles. The standard InChI is InChI=1S/C26H24FN3O3S/c1-17(19-12-14-21(15-13-19)20-8-4-3-5-9-20)28-24(31)16-34-26-30-29-25(33-26)18(2)32-23-11-7-6-10-22(23)27/h3-15,17-18H,16H2,1-2H3,(H,28,31)/t17-,18-/m0/s1. The Balaban J connectivity index is 1.27. The summed E-state index contributed by atoms with van der Waals surface area (Å²) in [5.41, 5.74) is 3.28. The van der Waals surface area contributed by atoms with E-state index in [-0.39, 0.29) is 34.6 Å². The number of rotatable bonds is 9. The fraction of sp³-hybridized carbons (Fsp3) is 0.192. The number of nitrogens with zero attached hydrogens (tertiary/aromatic N) is 2. The van der Waals surface area contributed by atoms with Gasteiger partial charge in [0, 0.05) is 0 Å². The maximum Gasteiger partial charge on any atom is 0.277 e. The van der Waals surface area contributed by atoms with Crippen LogP contribution in [0.3, 0.4) is 0 Å². The van der Waals surface area contributed by atoms with Crippen LogP contribution in [0.2, 0.25) is 0 Å². The van der Waals surface area contributed by atoms with Crippen LogP contribution in [0.15, 0.2) is 88.5 Å². The summed E-state index contributed by atoms with van der Waals surface area (Å²) in [6, 6.07) is 24.2. The highest BCUT2D eigenvalue weighted by atomic mass is 32.2. The Kier molecular flexibility index (Phi) is 7.59. The van der Waals surface area contributed by atoms with Crippen LogP contribution in [0.5, 0.6) is 5.75 Å². The third kappa shape index (κ3) is 6.02. The Morgan fingerprint density at radius 2 is 1.65 bits per heavy atom. The molecule has 8 heteroatoms. The van der Waals surface area contributed by atoms with Crippen molar-refractivity contribution < 1.29 is 18.3 Å². The summed E-state index contributed by atoms with van der Waals surface area (Å²) >= 11 is 1.13. The number of amides is 1. The van der Waals surface area contributed by atoms with Crippen molar-refractivity contribution in [1.29, 1.82) is 0 Å². The molecule has 0 fully saturated rings. The second-order valence-electron chi connectivity index (χ2n) is 7.66. The van der Waals surface area contributed by atoms with Gasteiger partial charge in [-0.25, -0.2) is 4.39 Å². The van der Waals surface area contributed by atoms with Gasteiger partial charge >= 0.3 is 0 Å². The fourth-order valence-corrected chi connectivity index (χ4v) is 3.89. The molecular formula is C26H24FN3O3S. The minimum absolute atomic E-state index is 0.104. The molecule has 4 rings (SSSR count). The van der Waals surface area contributed by atoms with Crippen LogP contribution in [0.25, 0.3) is 11.1 Å². The molecular weight excluding hydrogens is 453 g/mol. The van der Waals surface area contributed by atoms with Crippen molar-refractivity contribution in [2.24, 2.45) is 0 Å². The van der Waals surface area contributed by atoms with Gasteiger partial charge < -0.3 is 14.5 Å². The van der Waals surface area contributed by atoms with Gasteiger partial charge in [0.2, 0.25) is 5.91 Å². The summed E-state index contributed by atoms with van der Waals surface area (Å²) in [5.74, 6) is -0.189. The lowest BCUT2D eigenvalue weighted by atomic mass is 10.0. The van der Waals surface area contributed by atoms with E-state index in [1.807, 2.05) is 49.4 Å². The van der Waals surface area contributed by atoms with E-state index in [4.69, 9.17) is 9.15 Å². The number of para-hydroxylation sites is 1. The number of carbonyl (C=O) groups excluding carboxylic acids is 1. The maximum atomic E-state index is 13.8. The molecule has 1 heterocycles. The molecule has 0 aliphatic rings. The lowest BCUT2D eigenvalue weighted by Crippen LogP contribution is -2.28. The molecule has 0 spiro atoms. The van der Waals surface area contributed by atoms with Gasteiger partial charge in [0.1, 0.15) is 0 Å². The third-order valence-electron chi connectivity index (χ3n) is 5.13. The minimum Gasteiger partial charge on any atom is -0.478 e. The quantitative estimate of drug-likeness (QED) is 0.299. The molecule has 1 aromatic heterocycles. The monoisotopic (exact) mass is 477 g/mol. The number of benzene rings is 3. The number of aromatic nitrogens is 2. The predicted molar refractivity (Wildman–Crippen MR) is 129 cm³/mol. The van der Waals surface area contributed by atoms with Crippen LogP contribution in [0.4, 0.5) is 4.39 Å². The molecule has 174 valence electrons. The first-order valence-electron chi connectivity index (χ1n) is 10.8. The molecule has 3 aromatic carbocycles. The molecule has 1 N–H and O–H groups in total. The van der Waals surface area contributed by atoms with Crippen LogP contribution in [-0.2, 0) is 4.79 Å². The first-order valence-corrected chi connectivity index (χ1v) is 11.8. The summed E-state index contributed by atoms with van der Waals surface area (Å²) in [6.45, 7) is 3.62. The largest absolute Gasteiger partial charge is 0.478 e. The average molecular weight is 478 g/mol. The molecule has 1 amide bonds. The minimum atomic E-state index is -0.633. The van der Waals surface area contributed by atoms with E-state index in [0.29, 0.717) is 0 Å². The van der Waals surface area contributed by atoms with Crippen molar-refractivity contribution in [3.05, 3.63) is 96.1 Å². The smallest absolute Gasteiger partial charge is 0.277 e. The molecule has 4 aromatic rings. The molecule has 0 aliphatic heterocycles. The fourth-order valence-electron chi connectivity index (χ4n) is 3.31. The maximum absolute atomic E-state index is 13.8. The Morgan fingerprint density at radius 3 is 2.38 bits per heavy atom. The summed E-state index contributed by atoms with van der Waals surface area (Å²) < 4.78 is 24.9. The van der Waals surface area contributed by atoms with Crippen molar-refractivity contribution in [2.45, 2.75) is 31.2 Å². The van der Waals surface area contributed by atoms with Crippen molar-refractivity contribution in [2.75, 3.05) is 5.75 Å². The highest BCUT2D eigenvalue weighted by molar-refractivity contribution is 7.99. The predicted octanol–water partition coefficient (Wildman–Crippen LogP) is 5.99. The lowest BCUT2D eigenvalue weighted by molar-refractivity contribution is -0.119. The topological polar surface area (TPSA) is 77.2 Å². The summed E-state index contributed by atoms with van der Waals surface area (Å²) in [6.07, 6.45) is -0.633. The number of carbonyl (C=O) groups is 1. The molecule has 2 atom stereocenters. The number of ether oxygens (including phenoxy) is 1. The van der Waals surface area contributed by atoms with E-state index < -0.39 is 11.9 Å². The van der Waals surface area contributed by atoms with Crippen molar-refractivity contribution in [1.82, 2.24) is 15.5 Å². The zero-order valence-corrected chi connectivity index (χ0v) is 19.6. The van der Waals surface area contributed by atoms with Gasteiger partial charge in [-0.1, -0.05) is 78.5 Å². The van der Waals surface area contributed by atoms with E-state index in [1.54, 1.807) is 19.1 Å². The zero-order valence-electron chi connectivity index (χ0n) is 18.8. The first-order chi connectivity index (χ1) is 16.5. The Hall–Kier alpha value is -3.65. The van der Waals surface area contributed by atoms with E-state index >= 15 is 0 Å². The summed E-state index contributed by atoms with van der Waals surface area (Å²) in [4.78, 5) is 12.4. The van der Waals surface area contributed by atoms with Gasteiger partial charge in [-0.2, -0.15) is 0 Å². The van der Waals surface area contributed by atoms with Crippen molar-refractivity contribution in [3.8, 4) is 16.9 Å². The molecule has 0 aliphatic carbocycles. The molecule has 0 bridgehead atoms. The molecule has 34 heavy (non-hydrogen) atoms. The zero-order chi connectivity index (χ0) is 23.9. The molecule has 0 radical (unpaired) electrons. The Bertz CT molecular complexity index is 1230. The molecule has 6 nitrogen and oxygen atoms in total. The highest BCUT2D eigenvalue weighted by Gasteiger charge is 2.18. The van der Waals surface area contributed by atoms with Crippen molar-refractivity contribution in [3.63, 3.8) is 0 Å². The van der Waals surface area contributed by atoms with Gasteiger partial charge in [0.25, 0.3) is 11.1 Å². The molecule has 0 unspecified atom stereocenters. The van der Waals surface area contributed by atoms with Crippen LogP contribution in [-0.4, -0.2) is 21.9 Å². The van der Waals surface area contributed by atoms with E-state index in [1.165, 1.54) is 12.1 Å². The van der Waals surface area contributed by atoms with Crippen LogP contribution >= 0.6 is 11.8 Å². The van der Waals surface area contributed by atoms with Crippen LogP contribution < -0.4 is 10.1 Å². The second-order valence-corrected chi connectivity index (χ2v) is 8.59. The summed E-state index contributed by atoms with van der Waals surface area (Å²) in [7, 11) is 0. The lowest BCUT2D eigenvalue weighted by Gasteiger charge is -2.14.